The van der Waals surface area contributed by atoms with E-state index in [2.05, 4.69) is 39.8 Å². The number of sulfonamides is 1. The normalized spacial score (nSPS) is 15.7. The Balaban J connectivity index is 1.65. The van der Waals surface area contributed by atoms with E-state index in [9.17, 15) is 8.42 Å². The third-order valence-electron chi connectivity index (χ3n) is 4.79. The topological polar surface area (TPSA) is 55.9 Å². The molecule has 0 aliphatic carbocycles. The third kappa shape index (κ3) is 5.08. The van der Waals surface area contributed by atoms with Crippen LogP contribution in [0, 0.1) is 0 Å². The zero-order chi connectivity index (χ0) is 20.3. The number of benzene rings is 2. The number of thiol groups is 2. The minimum atomic E-state index is -3.62. The lowest BCUT2D eigenvalue weighted by atomic mass is 10.2. The molecule has 2 aromatic carbocycles. The Hall–Kier alpha value is -1.55. The molecule has 0 spiro atoms. The van der Waals surface area contributed by atoms with Gasteiger partial charge in [0.05, 0.1) is 9.60 Å². The van der Waals surface area contributed by atoms with Gasteiger partial charge in [-0.05, 0) is 48.5 Å². The summed E-state index contributed by atoms with van der Waals surface area (Å²) in [4.78, 5) is 6.65. The van der Waals surface area contributed by atoms with Crippen molar-refractivity contribution in [1.29, 1.82) is 0 Å². The number of rotatable bonds is 6. The van der Waals surface area contributed by atoms with Gasteiger partial charge in [-0.25, -0.2) is 8.42 Å². The van der Waals surface area contributed by atoms with Gasteiger partial charge in [0, 0.05) is 57.3 Å². The van der Waals surface area contributed by atoms with Crippen LogP contribution in [-0.4, -0.2) is 58.3 Å². The molecular weight excluding hydrogens is 412 g/mol. The summed E-state index contributed by atoms with van der Waals surface area (Å²) in [5, 5.41) is 0. The van der Waals surface area contributed by atoms with E-state index in [0.29, 0.717) is 5.69 Å². The highest BCUT2D eigenvalue weighted by Gasteiger charge is 2.20. The summed E-state index contributed by atoms with van der Waals surface area (Å²) in [5.74, 6) is 0. The molecule has 0 amide bonds. The second kappa shape index (κ2) is 8.86. The van der Waals surface area contributed by atoms with E-state index >= 15 is 0 Å². The summed E-state index contributed by atoms with van der Waals surface area (Å²) in [7, 11) is 0.214. The summed E-state index contributed by atoms with van der Waals surface area (Å²) in [6.45, 7) is 3.58. The fourth-order valence-electron chi connectivity index (χ4n) is 3.09. The Labute approximate surface area is 178 Å². The Morgan fingerprint density at radius 3 is 2.00 bits per heavy atom. The highest BCUT2D eigenvalue weighted by atomic mass is 32.2. The van der Waals surface area contributed by atoms with E-state index in [1.807, 2.05) is 31.1 Å². The number of anilines is 3. The van der Waals surface area contributed by atoms with Gasteiger partial charge >= 0.3 is 0 Å². The van der Waals surface area contributed by atoms with Gasteiger partial charge in [-0.15, -0.1) is 25.3 Å². The first-order valence-corrected chi connectivity index (χ1v) is 11.5. The smallest absolute Gasteiger partial charge is 0.261 e. The van der Waals surface area contributed by atoms with Crippen molar-refractivity contribution in [3.8, 4) is 0 Å². The van der Waals surface area contributed by atoms with Crippen molar-refractivity contribution in [2.75, 3.05) is 54.8 Å². The first-order chi connectivity index (χ1) is 13.3. The average Bonchev–Trinajstić information content (AvgIpc) is 2.68. The molecule has 0 unspecified atom stereocenters. The Morgan fingerprint density at radius 1 is 0.929 bits per heavy atom. The summed E-state index contributed by atoms with van der Waals surface area (Å²) in [6, 6.07) is 14.3. The lowest BCUT2D eigenvalue weighted by Gasteiger charge is -2.37. The van der Waals surface area contributed by atoms with Crippen molar-refractivity contribution in [2.24, 2.45) is 0 Å². The van der Waals surface area contributed by atoms with Gasteiger partial charge in [-0.1, -0.05) is 0 Å². The van der Waals surface area contributed by atoms with E-state index in [1.54, 1.807) is 36.4 Å². The molecule has 0 saturated carbocycles. The molecule has 152 valence electrons. The molecule has 6 nitrogen and oxygen atoms in total. The zero-order valence-electron chi connectivity index (χ0n) is 16.0. The number of nitrogens with zero attached hydrogens (tertiary/aromatic N) is 3. The van der Waals surface area contributed by atoms with Crippen molar-refractivity contribution in [3.63, 3.8) is 0 Å². The van der Waals surface area contributed by atoms with Gasteiger partial charge < -0.3 is 9.80 Å². The number of piperazine rings is 1. The van der Waals surface area contributed by atoms with Crippen LogP contribution in [0.2, 0.25) is 0 Å². The van der Waals surface area contributed by atoms with Crippen LogP contribution < -0.4 is 14.5 Å². The summed E-state index contributed by atoms with van der Waals surface area (Å²) < 4.78 is 27.8. The SMILES string of the molecule is CN(C)c1ccc(S(=O)(=O)Nc2ccc(N3CCN(C(S)S)CC3)cc2)cc1. The van der Waals surface area contributed by atoms with E-state index in [-0.39, 0.29) is 9.60 Å². The van der Waals surface area contributed by atoms with Crippen LogP contribution >= 0.6 is 25.3 Å². The summed E-state index contributed by atoms with van der Waals surface area (Å²) in [6.07, 6.45) is 0. The number of hydrogen-bond donors (Lipinski definition) is 3. The second-order valence-corrected chi connectivity index (χ2v) is 9.98. The highest BCUT2D eigenvalue weighted by Crippen LogP contribution is 2.23. The molecule has 1 fully saturated rings. The molecule has 1 N–H and O–H groups in total. The Morgan fingerprint density at radius 2 is 1.50 bits per heavy atom. The molecule has 1 aliphatic rings. The molecule has 1 saturated heterocycles. The lowest BCUT2D eigenvalue weighted by Crippen LogP contribution is -2.47. The Kier molecular flexibility index (Phi) is 6.69. The number of nitrogens with one attached hydrogen (secondary N) is 1. The van der Waals surface area contributed by atoms with Crippen LogP contribution in [0.15, 0.2) is 53.4 Å². The minimum absolute atomic E-state index is 0.0364. The van der Waals surface area contributed by atoms with Crippen molar-refractivity contribution in [2.45, 2.75) is 9.60 Å². The average molecular weight is 439 g/mol. The standard InChI is InChI=1S/C19H26N4O2S3/c1-21(2)16-7-9-18(10-8-16)28(24,25)20-15-3-5-17(6-4-15)22-11-13-23(14-12-22)19(26)27/h3-10,19-20,26-27H,11-14H2,1-2H3. The van der Waals surface area contributed by atoms with Crippen LogP contribution in [-0.2, 0) is 10.0 Å². The van der Waals surface area contributed by atoms with Gasteiger partial charge in [0.15, 0.2) is 0 Å². The molecule has 28 heavy (non-hydrogen) atoms. The van der Waals surface area contributed by atoms with Gasteiger partial charge in [0.25, 0.3) is 10.0 Å². The lowest BCUT2D eigenvalue weighted by molar-refractivity contribution is 0.287. The summed E-state index contributed by atoms with van der Waals surface area (Å²) >= 11 is 8.72. The van der Waals surface area contributed by atoms with E-state index in [4.69, 9.17) is 0 Å². The van der Waals surface area contributed by atoms with Crippen LogP contribution in [0.25, 0.3) is 0 Å². The van der Waals surface area contributed by atoms with Gasteiger partial charge in [-0.3, -0.25) is 9.62 Å². The first kappa shape index (κ1) is 21.2. The maximum Gasteiger partial charge on any atom is 0.261 e. The monoisotopic (exact) mass is 438 g/mol. The first-order valence-electron chi connectivity index (χ1n) is 9.02. The molecular formula is C19H26N4O2S3. The molecule has 9 heteroatoms. The van der Waals surface area contributed by atoms with Gasteiger partial charge in [0.1, 0.15) is 0 Å². The fourth-order valence-corrected chi connectivity index (χ4v) is 4.61. The van der Waals surface area contributed by atoms with Crippen LogP contribution in [0.5, 0.6) is 0 Å². The quantitative estimate of drug-likeness (QED) is 0.478. The molecule has 0 radical (unpaired) electrons. The van der Waals surface area contributed by atoms with Crippen LogP contribution in [0.3, 0.4) is 0 Å². The zero-order valence-corrected chi connectivity index (χ0v) is 18.6. The van der Waals surface area contributed by atoms with Gasteiger partial charge in [0.2, 0.25) is 0 Å². The molecule has 3 rings (SSSR count). The largest absolute Gasteiger partial charge is 0.378 e. The van der Waals surface area contributed by atoms with E-state index in [1.165, 1.54) is 0 Å². The predicted octanol–water partition coefficient (Wildman–Crippen LogP) is 2.82. The predicted molar refractivity (Wildman–Crippen MR) is 124 cm³/mol. The summed E-state index contributed by atoms with van der Waals surface area (Å²) in [5.41, 5.74) is 2.57. The molecule has 1 heterocycles. The van der Waals surface area contributed by atoms with Crippen LogP contribution in [0.4, 0.5) is 17.1 Å². The van der Waals surface area contributed by atoms with Crippen molar-refractivity contribution in [3.05, 3.63) is 48.5 Å². The molecule has 0 atom stereocenters. The molecule has 1 aliphatic heterocycles. The van der Waals surface area contributed by atoms with Crippen LogP contribution in [0.1, 0.15) is 0 Å². The third-order valence-corrected chi connectivity index (χ3v) is 6.84. The molecule has 2 aromatic rings. The van der Waals surface area contributed by atoms with Crippen molar-refractivity contribution in [1.82, 2.24) is 4.90 Å². The minimum Gasteiger partial charge on any atom is -0.378 e. The van der Waals surface area contributed by atoms with Crippen molar-refractivity contribution < 1.29 is 8.42 Å². The van der Waals surface area contributed by atoms with Crippen molar-refractivity contribution >= 4 is 52.3 Å². The number of hydrogen-bond acceptors (Lipinski definition) is 7. The molecule has 0 aromatic heterocycles. The van der Waals surface area contributed by atoms with E-state index < -0.39 is 10.0 Å². The van der Waals surface area contributed by atoms with E-state index in [0.717, 1.165) is 37.6 Å². The fraction of sp³-hybridized carbons (Fsp3) is 0.368. The molecule has 0 bridgehead atoms. The second-order valence-electron chi connectivity index (χ2n) is 6.91. The maximum absolute atomic E-state index is 12.6. The Bertz CT molecular complexity index is 876. The maximum atomic E-state index is 12.6. The van der Waals surface area contributed by atoms with Gasteiger partial charge in [-0.2, -0.15) is 0 Å². The highest BCUT2D eigenvalue weighted by molar-refractivity contribution is 7.99.